The second-order valence-electron chi connectivity index (χ2n) is 6.25. The van der Waals surface area contributed by atoms with Crippen molar-refractivity contribution in [3.05, 3.63) is 47.5 Å². The number of rotatable bonds is 7. The van der Waals surface area contributed by atoms with Gasteiger partial charge in [0.15, 0.2) is 23.0 Å². The number of nitrogens with zero attached hydrogens (tertiary/aromatic N) is 1. The molecule has 0 aromatic heterocycles. The SMILES string of the molecule is CCN(Cc1ccc(OC)c(OC)c1)C(=O)Cc1ccc2c(c1)OCCO2. The maximum atomic E-state index is 12.8. The van der Waals surface area contributed by atoms with E-state index in [4.69, 9.17) is 18.9 Å². The van der Waals surface area contributed by atoms with E-state index >= 15 is 0 Å². The van der Waals surface area contributed by atoms with Gasteiger partial charge in [-0.3, -0.25) is 4.79 Å². The average molecular weight is 371 g/mol. The third-order valence-electron chi connectivity index (χ3n) is 4.52. The topological polar surface area (TPSA) is 57.2 Å². The highest BCUT2D eigenvalue weighted by atomic mass is 16.6. The fourth-order valence-corrected chi connectivity index (χ4v) is 3.06. The van der Waals surface area contributed by atoms with Gasteiger partial charge in [-0.05, 0) is 42.3 Å². The summed E-state index contributed by atoms with van der Waals surface area (Å²) in [4.78, 5) is 14.6. The minimum Gasteiger partial charge on any atom is -0.493 e. The normalized spacial score (nSPS) is 12.4. The molecular formula is C21H25NO5. The van der Waals surface area contributed by atoms with E-state index in [1.807, 2.05) is 48.2 Å². The average Bonchev–Trinajstić information content (AvgIpc) is 2.71. The van der Waals surface area contributed by atoms with Crippen LogP contribution in [-0.4, -0.2) is 44.8 Å². The molecule has 2 aromatic carbocycles. The van der Waals surface area contributed by atoms with Crippen LogP contribution < -0.4 is 18.9 Å². The molecule has 0 aliphatic carbocycles. The van der Waals surface area contributed by atoms with Crippen LogP contribution in [0.4, 0.5) is 0 Å². The summed E-state index contributed by atoms with van der Waals surface area (Å²) in [6.45, 7) is 4.20. The van der Waals surface area contributed by atoms with Crippen molar-refractivity contribution in [2.75, 3.05) is 34.0 Å². The largest absolute Gasteiger partial charge is 0.493 e. The van der Waals surface area contributed by atoms with Crippen molar-refractivity contribution in [1.29, 1.82) is 0 Å². The lowest BCUT2D eigenvalue weighted by molar-refractivity contribution is -0.130. The first-order valence-corrected chi connectivity index (χ1v) is 9.01. The molecule has 6 nitrogen and oxygen atoms in total. The van der Waals surface area contributed by atoms with E-state index < -0.39 is 0 Å². The van der Waals surface area contributed by atoms with Crippen molar-refractivity contribution in [3.8, 4) is 23.0 Å². The van der Waals surface area contributed by atoms with Gasteiger partial charge in [-0.2, -0.15) is 0 Å². The van der Waals surface area contributed by atoms with Gasteiger partial charge in [0, 0.05) is 13.1 Å². The van der Waals surface area contributed by atoms with E-state index in [-0.39, 0.29) is 5.91 Å². The predicted molar refractivity (Wildman–Crippen MR) is 102 cm³/mol. The van der Waals surface area contributed by atoms with Crippen LogP contribution in [0.3, 0.4) is 0 Å². The van der Waals surface area contributed by atoms with Crippen LogP contribution in [0.1, 0.15) is 18.1 Å². The highest BCUT2D eigenvalue weighted by Crippen LogP contribution is 2.31. The Morgan fingerprint density at radius 3 is 2.37 bits per heavy atom. The number of ether oxygens (including phenoxy) is 4. The number of amides is 1. The maximum Gasteiger partial charge on any atom is 0.227 e. The van der Waals surface area contributed by atoms with Gasteiger partial charge < -0.3 is 23.8 Å². The smallest absolute Gasteiger partial charge is 0.227 e. The number of carbonyl (C=O) groups is 1. The summed E-state index contributed by atoms with van der Waals surface area (Å²) in [6, 6.07) is 11.4. The van der Waals surface area contributed by atoms with Crippen molar-refractivity contribution in [2.24, 2.45) is 0 Å². The van der Waals surface area contributed by atoms with Crippen LogP contribution in [0, 0.1) is 0 Å². The van der Waals surface area contributed by atoms with Crippen LogP contribution in [0.15, 0.2) is 36.4 Å². The number of hydrogen-bond acceptors (Lipinski definition) is 5. The Morgan fingerprint density at radius 2 is 1.67 bits per heavy atom. The fourth-order valence-electron chi connectivity index (χ4n) is 3.06. The molecule has 144 valence electrons. The molecule has 0 saturated heterocycles. The Labute approximate surface area is 159 Å². The Morgan fingerprint density at radius 1 is 0.963 bits per heavy atom. The molecule has 0 radical (unpaired) electrons. The van der Waals surface area contributed by atoms with Crippen molar-refractivity contribution < 1.29 is 23.7 Å². The van der Waals surface area contributed by atoms with E-state index in [0.717, 1.165) is 16.9 Å². The monoisotopic (exact) mass is 371 g/mol. The van der Waals surface area contributed by atoms with Crippen molar-refractivity contribution in [3.63, 3.8) is 0 Å². The molecule has 0 unspecified atom stereocenters. The summed E-state index contributed by atoms with van der Waals surface area (Å²) < 4.78 is 21.7. The second kappa shape index (κ2) is 8.66. The second-order valence-corrected chi connectivity index (χ2v) is 6.25. The van der Waals surface area contributed by atoms with Crippen LogP contribution in [0.5, 0.6) is 23.0 Å². The highest BCUT2D eigenvalue weighted by molar-refractivity contribution is 5.79. The first-order valence-electron chi connectivity index (χ1n) is 9.01. The van der Waals surface area contributed by atoms with Gasteiger partial charge >= 0.3 is 0 Å². The molecule has 0 bridgehead atoms. The van der Waals surface area contributed by atoms with Crippen LogP contribution in [0.25, 0.3) is 0 Å². The number of fused-ring (bicyclic) bond motifs is 1. The summed E-state index contributed by atoms with van der Waals surface area (Å²) >= 11 is 0. The molecule has 0 N–H and O–H groups in total. The third kappa shape index (κ3) is 4.45. The summed E-state index contributed by atoms with van der Waals surface area (Å²) in [5.41, 5.74) is 1.90. The van der Waals surface area contributed by atoms with Gasteiger partial charge in [0.25, 0.3) is 0 Å². The number of benzene rings is 2. The number of carbonyl (C=O) groups excluding carboxylic acids is 1. The minimum absolute atomic E-state index is 0.0592. The summed E-state index contributed by atoms with van der Waals surface area (Å²) in [7, 11) is 3.21. The molecule has 2 aromatic rings. The lowest BCUT2D eigenvalue weighted by atomic mass is 10.1. The lowest BCUT2D eigenvalue weighted by Gasteiger charge is -2.23. The van der Waals surface area contributed by atoms with Gasteiger partial charge in [0.05, 0.1) is 20.6 Å². The van der Waals surface area contributed by atoms with E-state index in [2.05, 4.69) is 0 Å². The zero-order chi connectivity index (χ0) is 19.2. The standard InChI is InChI=1S/C21H25NO5/c1-4-22(14-16-6-7-17(24-2)19(12-16)25-3)21(23)13-15-5-8-18-20(11-15)27-10-9-26-18/h5-8,11-12H,4,9-10,13-14H2,1-3H3. The van der Waals surface area contributed by atoms with Crippen molar-refractivity contribution in [2.45, 2.75) is 19.9 Å². The lowest BCUT2D eigenvalue weighted by Crippen LogP contribution is -2.31. The molecule has 6 heteroatoms. The molecule has 1 aliphatic rings. The predicted octanol–water partition coefficient (Wildman–Crippen LogP) is 3.07. The first kappa shape index (κ1) is 18.9. The highest BCUT2D eigenvalue weighted by Gasteiger charge is 2.17. The Kier molecular flexibility index (Phi) is 6.06. The van der Waals surface area contributed by atoms with Gasteiger partial charge in [-0.25, -0.2) is 0 Å². The molecule has 27 heavy (non-hydrogen) atoms. The fraction of sp³-hybridized carbons (Fsp3) is 0.381. The Bertz CT molecular complexity index is 805. The van der Waals surface area contributed by atoms with Crippen LogP contribution in [-0.2, 0) is 17.8 Å². The summed E-state index contributed by atoms with van der Waals surface area (Å²) in [5.74, 6) is 2.82. The molecular weight excluding hydrogens is 346 g/mol. The van der Waals surface area contributed by atoms with Gasteiger partial charge in [-0.15, -0.1) is 0 Å². The number of methoxy groups -OCH3 is 2. The van der Waals surface area contributed by atoms with Gasteiger partial charge in [0.1, 0.15) is 13.2 Å². The summed E-state index contributed by atoms with van der Waals surface area (Å²) in [5, 5.41) is 0. The molecule has 0 atom stereocenters. The zero-order valence-corrected chi connectivity index (χ0v) is 16.0. The molecule has 1 amide bonds. The molecule has 1 aliphatic heterocycles. The van der Waals surface area contributed by atoms with Crippen LogP contribution in [0.2, 0.25) is 0 Å². The molecule has 0 saturated carbocycles. The van der Waals surface area contributed by atoms with E-state index in [1.165, 1.54) is 0 Å². The Hall–Kier alpha value is -2.89. The van der Waals surface area contributed by atoms with Crippen molar-refractivity contribution in [1.82, 2.24) is 4.90 Å². The van der Waals surface area contributed by atoms with E-state index in [9.17, 15) is 4.79 Å². The molecule has 0 spiro atoms. The third-order valence-corrected chi connectivity index (χ3v) is 4.52. The zero-order valence-electron chi connectivity index (χ0n) is 16.0. The summed E-state index contributed by atoms with van der Waals surface area (Å²) in [6.07, 6.45) is 0.317. The maximum absolute atomic E-state index is 12.8. The number of hydrogen-bond donors (Lipinski definition) is 0. The van der Waals surface area contributed by atoms with Crippen LogP contribution >= 0.6 is 0 Å². The van der Waals surface area contributed by atoms with Gasteiger partial charge in [-0.1, -0.05) is 12.1 Å². The quantitative estimate of drug-likeness (QED) is 0.749. The molecule has 1 heterocycles. The van der Waals surface area contributed by atoms with E-state index in [0.29, 0.717) is 50.0 Å². The first-order chi connectivity index (χ1) is 13.1. The van der Waals surface area contributed by atoms with Gasteiger partial charge in [0.2, 0.25) is 5.91 Å². The Balaban J connectivity index is 1.69. The minimum atomic E-state index is 0.0592. The van der Waals surface area contributed by atoms with Crippen molar-refractivity contribution >= 4 is 5.91 Å². The number of likely N-dealkylation sites (N-methyl/N-ethyl adjacent to an activating group) is 1. The molecule has 0 fully saturated rings. The van der Waals surface area contributed by atoms with E-state index in [1.54, 1.807) is 14.2 Å². The molecule has 3 rings (SSSR count).